The van der Waals surface area contributed by atoms with E-state index >= 15 is 0 Å². The number of hydrogen-bond donors (Lipinski definition) is 1. The second-order valence-electron chi connectivity index (χ2n) is 2.87. The van der Waals surface area contributed by atoms with Crippen LogP contribution < -0.4 is 0 Å². The number of rotatable bonds is 2. The third-order valence-electron chi connectivity index (χ3n) is 1.84. The lowest BCUT2D eigenvalue weighted by atomic mass is 10.2. The van der Waals surface area contributed by atoms with Crippen molar-refractivity contribution in [2.24, 2.45) is 0 Å². The smallest absolute Gasteiger partial charge is 0.181 e. The van der Waals surface area contributed by atoms with Crippen molar-refractivity contribution in [1.29, 1.82) is 0 Å². The van der Waals surface area contributed by atoms with Gasteiger partial charge in [0.2, 0.25) is 0 Å². The second kappa shape index (κ2) is 4.16. The Kier molecular flexibility index (Phi) is 2.88. The lowest BCUT2D eigenvalue weighted by Crippen LogP contribution is -1.83. The molecule has 3 nitrogen and oxygen atoms in total. The number of aromatic nitrogens is 3. The first-order chi connectivity index (χ1) is 7.20. The number of hydrogen-bond acceptors (Lipinski definition) is 2. The quantitative estimate of drug-likeness (QED) is 0.827. The molecule has 0 amide bonds. The maximum Gasteiger partial charge on any atom is 0.181 e. The van der Waals surface area contributed by atoms with E-state index in [2.05, 4.69) is 15.2 Å². The van der Waals surface area contributed by atoms with Gasteiger partial charge in [-0.25, -0.2) is 9.37 Å². The van der Waals surface area contributed by atoms with Gasteiger partial charge in [0, 0.05) is 5.56 Å². The number of halogens is 3. The number of alkyl halides is 1. The van der Waals surface area contributed by atoms with Gasteiger partial charge >= 0.3 is 0 Å². The predicted molar refractivity (Wildman–Crippen MR) is 56.3 cm³/mol. The molecule has 0 aliphatic rings. The van der Waals surface area contributed by atoms with Crippen LogP contribution in [0.15, 0.2) is 18.2 Å². The van der Waals surface area contributed by atoms with Crippen LogP contribution in [0.5, 0.6) is 0 Å². The van der Waals surface area contributed by atoms with Crippen molar-refractivity contribution in [2.75, 3.05) is 0 Å². The van der Waals surface area contributed by atoms with Gasteiger partial charge in [-0.2, -0.15) is 5.10 Å². The van der Waals surface area contributed by atoms with Gasteiger partial charge in [-0.1, -0.05) is 11.6 Å². The van der Waals surface area contributed by atoms with Crippen LogP contribution >= 0.6 is 23.2 Å². The molecule has 0 saturated carbocycles. The molecule has 0 fully saturated rings. The molecular formula is C9H6Cl2FN3. The van der Waals surface area contributed by atoms with Crippen molar-refractivity contribution < 1.29 is 4.39 Å². The van der Waals surface area contributed by atoms with Crippen molar-refractivity contribution >= 4 is 23.2 Å². The van der Waals surface area contributed by atoms with E-state index in [1.807, 2.05) is 0 Å². The topological polar surface area (TPSA) is 41.6 Å². The molecule has 0 bridgehead atoms. The van der Waals surface area contributed by atoms with E-state index in [4.69, 9.17) is 23.2 Å². The van der Waals surface area contributed by atoms with Gasteiger partial charge in [-0.05, 0) is 18.2 Å². The summed E-state index contributed by atoms with van der Waals surface area (Å²) in [6.45, 7) is 0. The fourth-order valence-corrected chi connectivity index (χ4v) is 1.42. The van der Waals surface area contributed by atoms with Crippen LogP contribution in [0.3, 0.4) is 0 Å². The third-order valence-corrected chi connectivity index (χ3v) is 2.38. The summed E-state index contributed by atoms with van der Waals surface area (Å²) in [6, 6.07) is 4.30. The van der Waals surface area contributed by atoms with Gasteiger partial charge in [-0.15, -0.1) is 11.6 Å². The number of aromatic amines is 1. The molecular weight excluding hydrogens is 240 g/mol. The maximum absolute atomic E-state index is 12.9. The van der Waals surface area contributed by atoms with Crippen LogP contribution in [0.2, 0.25) is 5.02 Å². The molecule has 0 aliphatic carbocycles. The van der Waals surface area contributed by atoms with Crippen LogP contribution in [0.25, 0.3) is 11.4 Å². The molecule has 6 heteroatoms. The zero-order valence-electron chi connectivity index (χ0n) is 7.47. The Morgan fingerprint density at radius 3 is 2.80 bits per heavy atom. The molecule has 0 atom stereocenters. The molecule has 0 unspecified atom stereocenters. The molecule has 1 N–H and O–H groups in total. The average molecular weight is 246 g/mol. The van der Waals surface area contributed by atoms with Crippen molar-refractivity contribution in [3.8, 4) is 11.4 Å². The van der Waals surface area contributed by atoms with E-state index in [0.717, 1.165) is 0 Å². The maximum atomic E-state index is 12.9. The molecule has 0 spiro atoms. The lowest BCUT2D eigenvalue weighted by Gasteiger charge is -1.96. The highest BCUT2D eigenvalue weighted by Crippen LogP contribution is 2.22. The zero-order valence-corrected chi connectivity index (χ0v) is 8.98. The summed E-state index contributed by atoms with van der Waals surface area (Å²) in [5, 5.41) is 6.63. The van der Waals surface area contributed by atoms with Crippen molar-refractivity contribution in [3.63, 3.8) is 0 Å². The highest BCUT2D eigenvalue weighted by atomic mass is 35.5. The van der Waals surface area contributed by atoms with Gasteiger partial charge < -0.3 is 0 Å². The Labute approximate surface area is 95.2 Å². The van der Waals surface area contributed by atoms with E-state index in [0.29, 0.717) is 17.2 Å². The monoisotopic (exact) mass is 245 g/mol. The van der Waals surface area contributed by atoms with Crippen LogP contribution in [-0.4, -0.2) is 15.2 Å². The molecule has 1 aromatic heterocycles. The fourth-order valence-electron chi connectivity index (χ4n) is 1.12. The molecule has 78 valence electrons. The van der Waals surface area contributed by atoms with Gasteiger partial charge in [0.25, 0.3) is 0 Å². The van der Waals surface area contributed by atoms with Gasteiger partial charge in [0.15, 0.2) is 5.82 Å². The minimum Gasteiger partial charge on any atom is -0.262 e. The first-order valence-corrected chi connectivity index (χ1v) is 5.04. The first-order valence-electron chi connectivity index (χ1n) is 4.13. The van der Waals surface area contributed by atoms with E-state index in [-0.39, 0.29) is 10.9 Å². The highest BCUT2D eigenvalue weighted by Gasteiger charge is 2.07. The number of nitrogens with zero attached hydrogens (tertiary/aromatic N) is 2. The van der Waals surface area contributed by atoms with Gasteiger partial charge in [0.05, 0.1) is 10.9 Å². The Morgan fingerprint density at radius 1 is 1.40 bits per heavy atom. The average Bonchev–Trinajstić information content (AvgIpc) is 2.70. The van der Waals surface area contributed by atoms with E-state index < -0.39 is 5.82 Å². The molecule has 0 radical (unpaired) electrons. The molecule has 1 heterocycles. The summed E-state index contributed by atoms with van der Waals surface area (Å²) in [5.74, 6) is 0.801. The minimum absolute atomic E-state index is 0.0460. The second-order valence-corrected chi connectivity index (χ2v) is 3.54. The van der Waals surface area contributed by atoms with Crippen molar-refractivity contribution in [1.82, 2.24) is 15.2 Å². The molecule has 1 aromatic carbocycles. The van der Waals surface area contributed by atoms with Gasteiger partial charge in [0.1, 0.15) is 11.6 Å². The summed E-state index contributed by atoms with van der Waals surface area (Å²) >= 11 is 11.2. The van der Waals surface area contributed by atoms with E-state index in [1.54, 1.807) is 6.07 Å². The third kappa shape index (κ3) is 2.11. The fraction of sp³-hybridized carbons (Fsp3) is 0.111. The highest BCUT2D eigenvalue weighted by molar-refractivity contribution is 6.31. The van der Waals surface area contributed by atoms with Gasteiger partial charge in [-0.3, -0.25) is 5.10 Å². The lowest BCUT2D eigenvalue weighted by molar-refractivity contribution is 0.628. The summed E-state index contributed by atoms with van der Waals surface area (Å²) in [6.07, 6.45) is 0. The molecule has 0 aliphatic heterocycles. The summed E-state index contributed by atoms with van der Waals surface area (Å²) in [7, 11) is 0. The van der Waals surface area contributed by atoms with Crippen LogP contribution in [0.4, 0.5) is 4.39 Å². The Morgan fingerprint density at radius 2 is 2.20 bits per heavy atom. The summed E-state index contributed by atoms with van der Waals surface area (Å²) in [4.78, 5) is 4.09. The standard InChI is InChI=1S/C9H6Cl2FN3/c10-4-8-13-9(15-14-8)5-1-2-7(12)6(11)3-5/h1-3H,4H2,(H,13,14,15). The number of benzene rings is 1. The van der Waals surface area contributed by atoms with Crippen molar-refractivity contribution in [2.45, 2.75) is 5.88 Å². The predicted octanol–water partition coefficient (Wildman–Crippen LogP) is 3.00. The van der Waals surface area contributed by atoms with Crippen molar-refractivity contribution in [3.05, 3.63) is 34.9 Å². The van der Waals surface area contributed by atoms with Crippen LogP contribution in [-0.2, 0) is 5.88 Å². The summed E-state index contributed by atoms with van der Waals surface area (Å²) < 4.78 is 12.9. The Hall–Kier alpha value is -1.13. The Balaban J connectivity index is 2.40. The minimum atomic E-state index is -0.464. The SMILES string of the molecule is Fc1ccc(-c2n[nH]c(CCl)n2)cc1Cl. The van der Waals surface area contributed by atoms with Crippen LogP contribution in [0, 0.1) is 5.82 Å². The normalized spacial score (nSPS) is 10.6. The summed E-state index contributed by atoms with van der Waals surface area (Å²) in [5.41, 5.74) is 0.647. The van der Waals surface area contributed by atoms with Crippen LogP contribution in [0.1, 0.15) is 5.82 Å². The zero-order chi connectivity index (χ0) is 10.8. The van der Waals surface area contributed by atoms with E-state index in [1.165, 1.54) is 12.1 Å². The molecule has 0 saturated heterocycles. The number of H-pyrrole nitrogens is 1. The number of nitrogens with one attached hydrogen (secondary N) is 1. The first kappa shape index (κ1) is 10.4. The Bertz CT molecular complexity index is 484. The van der Waals surface area contributed by atoms with E-state index in [9.17, 15) is 4.39 Å². The molecule has 15 heavy (non-hydrogen) atoms. The molecule has 2 aromatic rings. The largest absolute Gasteiger partial charge is 0.262 e. The molecule has 2 rings (SSSR count).